The Kier molecular flexibility index (Phi) is 4.51. The lowest BCUT2D eigenvalue weighted by Gasteiger charge is -2.40. The van der Waals surface area contributed by atoms with Crippen molar-refractivity contribution < 1.29 is 22.7 Å². The third kappa shape index (κ3) is 3.73. The number of aromatic nitrogens is 3. The van der Waals surface area contributed by atoms with Gasteiger partial charge in [0.2, 0.25) is 5.89 Å². The minimum absolute atomic E-state index is 0.145. The van der Waals surface area contributed by atoms with Gasteiger partial charge in [-0.2, -0.15) is 8.78 Å². The smallest absolute Gasteiger partial charge is 0.410 e. The van der Waals surface area contributed by atoms with E-state index >= 15 is 0 Å². The Balaban J connectivity index is 1.68. The average molecular weight is 368 g/mol. The molecule has 0 N–H and O–H groups in total. The number of carbonyl (C=O) groups excluding carboxylic acids is 1. The second-order valence-corrected chi connectivity index (χ2v) is 6.95. The van der Waals surface area contributed by atoms with Gasteiger partial charge in [0, 0.05) is 30.9 Å². The summed E-state index contributed by atoms with van der Waals surface area (Å²) in [6.07, 6.45) is -1.78. The number of pyridine rings is 1. The van der Waals surface area contributed by atoms with Crippen LogP contribution in [0, 0.1) is 0 Å². The standard InChI is InChI=1S/C16H18F2N4O4/c1-16(2,3)26-15(24)21-7-10(8-21)22-5-4-9(6-11(22)23)13-19-20-14(25-13)12(17)18/h4-6,10,12H,7-8H2,1-3H3. The number of amides is 1. The second kappa shape index (κ2) is 6.50. The molecule has 1 saturated heterocycles. The Hall–Kier alpha value is -2.78. The highest BCUT2D eigenvalue weighted by molar-refractivity contribution is 5.69. The number of carbonyl (C=O) groups is 1. The van der Waals surface area contributed by atoms with E-state index in [9.17, 15) is 18.4 Å². The Morgan fingerprint density at radius 1 is 1.35 bits per heavy atom. The van der Waals surface area contributed by atoms with Crippen molar-refractivity contribution in [1.29, 1.82) is 0 Å². The number of hydrogen-bond donors (Lipinski definition) is 0. The predicted molar refractivity (Wildman–Crippen MR) is 85.8 cm³/mol. The van der Waals surface area contributed by atoms with E-state index in [-0.39, 0.29) is 23.1 Å². The van der Waals surface area contributed by atoms with Crippen LogP contribution in [0.15, 0.2) is 27.5 Å². The lowest BCUT2D eigenvalue weighted by atomic mass is 10.1. The molecule has 3 heterocycles. The third-order valence-corrected chi connectivity index (χ3v) is 3.73. The van der Waals surface area contributed by atoms with E-state index in [1.54, 1.807) is 20.8 Å². The van der Waals surface area contributed by atoms with E-state index in [4.69, 9.17) is 9.15 Å². The van der Waals surface area contributed by atoms with Gasteiger partial charge >= 0.3 is 12.5 Å². The van der Waals surface area contributed by atoms with Crippen molar-refractivity contribution in [2.24, 2.45) is 0 Å². The Morgan fingerprint density at radius 2 is 2.04 bits per heavy atom. The molecular formula is C16H18F2N4O4. The summed E-state index contributed by atoms with van der Waals surface area (Å²) in [4.78, 5) is 25.7. The molecule has 1 fully saturated rings. The lowest BCUT2D eigenvalue weighted by molar-refractivity contribution is 0.000658. The zero-order valence-electron chi connectivity index (χ0n) is 14.5. The fourth-order valence-corrected chi connectivity index (χ4v) is 2.47. The molecule has 10 heteroatoms. The molecule has 0 aromatic carbocycles. The monoisotopic (exact) mass is 368 g/mol. The van der Waals surface area contributed by atoms with Crippen LogP contribution in [0.4, 0.5) is 13.6 Å². The van der Waals surface area contributed by atoms with Gasteiger partial charge < -0.3 is 18.6 Å². The van der Waals surface area contributed by atoms with Crippen LogP contribution in [-0.2, 0) is 4.74 Å². The molecule has 0 saturated carbocycles. The van der Waals surface area contributed by atoms with Gasteiger partial charge in [-0.1, -0.05) is 0 Å². The van der Waals surface area contributed by atoms with Crippen LogP contribution in [-0.4, -0.2) is 44.4 Å². The van der Waals surface area contributed by atoms with E-state index in [0.717, 1.165) is 0 Å². The topological polar surface area (TPSA) is 90.5 Å². The van der Waals surface area contributed by atoms with E-state index in [1.165, 1.54) is 27.8 Å². The summed E-state index contributed by atoms with van der Waals surface area (Å²) in [6.45, 7) is 6.04. The highest BCUT2D eigenvalue weighted by Gasteiger charge is 2.35. The van der Waals surface area contributed by atoms with Gasteiger partial charge in [-0.25, -0.2) is 4.79 Å². The molecule has 26 heavy (non-hydrogen) atoms. The van der Waals surface area contributed by atoms with E-state index in [0.29, 0.717) is 13.1 Å². The highest BCUT2D eigenvalue weighted by Crippen LogP contribution is 2.25. The van der Waals surface area contributed by atoms with Gasteiger partial charge in [0.05, 0.1) is 6.04 Å². The maximum absolute atomic E-state index is 12.5. The molecule has 1 amide bonds. The first-order chi connectivity index (χ1) is 12.1. The fourth-order valence-electron chi connectivity index (χ4n) is 2.47. The van der Waals surface area contributed by atoms with Crippen LogP contribution in [0.2, 0.25) is 0 Å². The van der Waals surface area contributed by atoms with Crippen LogP contribution in [0.3, 0.4) is 0 Å². The molecule has 0 aliphatic carbocycles. The fraction of sp³-hybridized carbons (Fsp3) is 0.500. The Morgan fingerprint density at radius 3 is 2.58 bits per heavy atom. The first-order valence-electron chi connectivity index (χ1n) is 7.96. The number of rotatable bonds is 3. The van der Waals surface area contributed by atoms with Crippen molar-refractivity contribution >= 4 is 6.09 Å². The molecule has 8 nitrogen and oxygen atoms in total. The van der Waals surface area contributed by atoms with Crippen molar-refractivity contribution in [3.63, 3.8) is 0 Å². The van der Waals surface area contributed by atoms with E-state index < -0.39 is 24.0 Å². The van der Waals surface area contributed by atoms with Crippen molar-refractivity contribution in [1.82, 2.24) is 19.7 Å². The first kappa shape index (κ1) is 18.0. The lowest BCUT2D eigenvalue weighted by Crippen LogP contribution is -2.53. The van der Waals surface area contributed by atoms with Gasteiger partial charge in [0.25, 0.3) is 11.4 Å². The van der Waals surface area contributed by atoms with Gasteiger partial charge in [0.15, 0.2) is 0 Å². The molecule has 0 spiro atoms. The molecular weight excluding hydrogens is 350 g/mol. The van der Waals surface area contributed by atoms with E-state index in [2.05, 4.69) is 10.2 Å². The molecule has 2 aromatic rings. The maximum atomic E-state index is 12.5. The molecule has 3 rings (SSSR count). The third-order valence-electron chi connectivity index (χ3n) is 3.73. The summed E-state index contributed by atoms with van der Waals surface area (Å²) in [5.41, 5.74) is -0.677. The number of hydrogen-bond acceptors (Lipinski definition) is 6. The molecule has 0 atom stereocenters. The van der Waals surface area contributed by atoms with Crippen molar-refractivity contribution in [2.45, 2.75) is 38.8 Å². The predicted octanol–water partition coefficient (Wildman–Crippen LogP) is 2.63. The molecule has 2 aromatic heterocycles. The number of ether oxygens (including phenoxy) is 1. The van der Waals surface area contributed by atoms with Crippen LogP contribution in [0.5, 0.6) is 0 Å². The minimum Gasteiger partial charge on any atom is -0.444 e. The zero-order valence-corrected chi connectivity index (χ0v) is 14.5. The molecule has 1 aliphatic rings. The van der Waals surface area contributed by atoms with Crippen LogP contribution in [0.1, 0.15) is 39.1 Å². The number of halogens is 2. The number of alkyl halides is 2. The Bertz CT molecular complexity index is 866. The normalized spacial score (nSPS) is 15.2. The molecule has 0 radical (unpaired) electrons. The summed E-state index contributed by atoms with van der Waals surface area (Å²) < 4.78 is 36.6. The molecule has 1 aliphatic heterocycles. The molecule has 0 bridgehead atoms. The van der Waals surface area contributed by atoms with Crippen molar-refractivity contribution in [3.8, 4) is 11.5 Å². The zero-order chi connectivity index (χ0) is 19.1. The van der Waals surface area contributed by atoms with Gasteiger partial charge in [0.1, 0.15) is 5.60 Å². The highest BCUT2D eigenvalue weighted by atomic mass is 19.3. The van der Waals surface area contributed by atoms with Crippen LogP contribution in [0.25, 0.3) is 11.5 Å². The second-order valence-electron chi connectivity index (χ2n) is 6.95. The molecule has 0 unspecified atom stereocenters. The summed E-state index contributed by atoms with van der Waals surface area (Å²) in [5.74, 6) is -0.940. The maximum Gasteiger partial charge on any atom is 0.410 e. The summed E-state index contributed by atoms with van der Waals surface area (Å²) >= 11 is 0. The first-order valence-corrected chi connectivity index (χ1v) is 7.96. The van der Waals surface area contributed by atoms with Gasteiger partial charge in [-0.05, 0) is 26.8 Å². The Labute approximate surface area is 147 Å². The number of nitrogens with zero attached hydrogens (tertiary/aromatic N) is 4. The summed E-state index contributed by atoms with van der Waals surface area (Å²) in [6, 6.07) is 2.59. The SMILES string of the molecule is CC(C)(C)OC(=O)N1CC(n2ccc(-c3nnc(C(F)F)o3)cc2=O)C1. The molecule has 140 valence electrons. The summed E-state index contributed by atoms with van der Waals surface area (Å²) in [7, 11) is 0. The van der Waals surface area contributed by atoms with Gasteiger partial charge in [-0.3, -0.25) is 4.79 Å². The largest absolute Gasteiger partial charge is 0.444 e. The van der Waals surface area contributed by atoms with Crippen LogP contribution < -0.4 is 5.56 Å². The average Bonchev–Trinajstić information content (AvgIpc) is 2.95. The quantitative estimate of drug-likeness (QED) is 0.827. The van der Waals surface area contributed by atoms with Crippen molar-refractivity contribution in [2.75, 3.05) is 13.1 Å². The van der Waals surface area contributed by atoms with Crippen molar-refractivity contribution in [3.05, 3.63) is 34.6 Å². The number of likely N-dealkylation sites (tertiary alicyclic amines) is 1. The van der Waals surface area contributed by atoms with Gasteiger partial charge in [-0.15, -0.1) is 10.2 Å². The minimum atomic E-state index is -2.87. The summed E-state index contributed by atoms with van der Waals surface area (Å²) in [5, 5.41) is 6.74. The van der Waals surface area contributed by atoms with E-state index in [1.807, 2.05) is 0 Å². The van der Waals surface area contributed by atoms with Crippen LogP contribution >= 0.6 is 0 Å².